The summed E-state index contributed by atoms with van der Waals surface area (Å²) in [6.07, 6.45) is 3.16. The summed E-state index contributed by atoms with van der Waals surface area (Å²) in [6, 6.07) is 0. The van der Waals surface area contributed by atoms with Gasteiger partial charge in [-0.05, 0) is 0 Å². The van der Waals surface area contributed by atoms with Crippen molar-refractivity contribution in [2.45, 2.75) is 6.92 Å². The molecule has 2 aromatic rings. The predicted molar refractivity (Wildman–Crippen MR) is 66.7 cm³/mol. The van der Waals surface area contributed by atoms with Gasteiger partial charge in [0.1, 0.15) is 11.8 Å². The van der Waals surface area contributed by atoms with Crippen LogP contribution in [-0.2, 0) is 0 Å². The van der Waals surface area contributed by atoms with Crippen molar-refractivity contribution in [3.05, 3.63) is 12.5 Å². The summed E-state index contributed by atoms with van der Waals surface area (Å²) in [5.74, 6) is 0.564. The Labute approximate surface area is 104 Å². The van der Waals surface area contributed by atoms with Gasteiger partial charge in [-0.1, -0.05) is 0 Å². The summed E-state index contributed by atoms with van der Waals surface area (Å²) in [6.45, 7) is 5.09. The number of aromatic nitrogens is 4. The molecule has 0 atom stereocenters. The minimum Gasteiger partial charge on any atom is -0.338 e. The van der Waals surface area contributed by atoms with Gasteiger partial charge < -0.3 is 10.2 Å². The average Bonchev–Trinajstić information content (AvgIpc) is 2.82. The molecule has 0 amide bonds. The Bertz CT molecular complexity index is 586. The van der Waals surface area contributed by atoms with Crippen molar-refractivity contribution in [3.63, 3.8) is 0 Å². The number of carbonyl (C=O) groups is 1. The van der Waals surface area contributed by atoms with Crippen LogP contribution in [0.4, 0.5) is 5.95 Å². The van der Waals surface area contributed by atoms with Crippen molar-refractivity contribution in [1.29, 1.82) is 0 Å². The molecule has 18 heavy (non-hydrogen) atoms. The first-order valence-electron chi connectivity index (χ1n) is 5.92. The van der Waals surface area contributed by atoms with Crippen LogP contribution in [0, 0.1) is 0 Å². The molecule has 7 heteroatoms. The molecule has 0 unspecified atom stereocenters. The lowest BCUT2D eigenvalue weighted by molar-refractivity contribution is 0.0940. The first kappa shape index (κ1) is 11.1. The smallest absolute Gasteiger partial charge is 0.230 e. The molecular formula is C11H14N6O. The molecule has 1 aliphatic heterocycles. The van der Waals surface area contributed by atoms with Crippen molar-refractivity contribution in [2.24, 2.45) is 0 Å². The minimum atomic E-state index is -0.0949. The summed E-state index contributed by atoms with van der Waals surface area (Å²) in [5.41, 5.74) is 1.22. The van der Waals surface area contributed by atoms with Crippen molar-refractivity contribution in [1.82, 2.24) is 24.8 Å². The molecule has 1 N–H and O–H groups in total. The fourth-order valence-electron chi connectivity index (χ4n) is 2.05. The quantitative estimate of drug-likeness (QED) is 0.757. The Hall–Kier alpha value is -2.02. The van der Waals surface area contributed by atoms with Gasteiger partial charge in [0.2, 0.25) is 11.9 Å². The van der Waals surface area contributed by atoms with Crippen molar-refractivity contribution in [3.8, 4) is 0 Å². The molecule has 3 rings (SSSR count). The van der Waals surface area contributed by atoms with E-state index < -0.39 is 0 Å². The van der Waals surface area contributed by atoms with Crippen LogP contribution in [0.3, 0.4) is 0 Å². The Kier molecular flexibility index (Phi) is 2.67. The number of nitrogens with one attached hydrogen (secondary N) is 1. The van der Waals surface area contributed by atoms with Crippen molar-refractivity contribution in [2.75, 3.05) is 31.1 Å². The van der Waals surface area contributed by atoms with Crippen LogP contribution < -0.4 is 10.2 Å². The van der Waals surface area contributed by atoms with E-state index in [9.17, 15) is 4.79 Å². The first-order valence-corrected chi connectivity index (χ1v) is 5.92. The molecule has 0 spiro atoms. The highest BCUT2D eigenvalue weighted by atomic mass is 16.1. The van der Waals surface area contributed by atoms with Gasteiger partial charge in [0, 0.05) is 33.1 Å². The van der Waals surface area contributed by atoms with Crippen LogP contribution in [-0.4, -0.2) is 51.6 Å². The van der Waals surface area contributed by atoms with E-state index in [-0.39, 0.29) is 5.91 Å². The normalized spacial score (nSPS) is 16.2. The van der Waals surface area contributed by atoms with Crippen molar-refractivity contribution < 1.29 is 4.79 Å². The third-order valence-corrected chi connectivity index (χ3v) is 3.02. The minimum absolute atomic E-state index is 0.0949. The molecule has 0 aliphatic carbocycles. The standard InChI is InChI=1S/C11H14N6O/c1-8(18)17-7-14-9-6-13-11(15-10(9)17)16-4-2-12-3-5-16/h6-7,12H,2-5H2,1H3. The SMILES string of the molecule is CC(=O)n1cnc2cnc(N3CCNCC3)nc21. The van der Waals surface area contributed by atoms with Gasteiger partial charge in [-0.3, -0.25) is 9.36 Å². The zero-order valence-electron chi connectivity index (χ0n) is 10.1. The second-order valence-corrected chi connectivity index (χ2v) is 4.25. The Morgan fingerprint density at radius 2 is 2.11 bits per heavy atom. The molecular weight excluding hydrogens is 232 g/mol. The number of fused-ring (bicyclic) bond motifs is 1. The Morgan fingerprint density at radius 1 is 1.33 bits per heavy atom. The number of hydrogen-bond donors (Lipinski definition) is 1. The number of piperazine rings is 1. The van der Waals surface area contributed by atoms with Crippen LogP contribution >= 0.6 is 0 Å². The van der Waals surface area contributed by atoms with Gasteiger partial charge in [-0.15, -0.1) is 0 Å². The number of rotatable bonds is 1. The molecule has 94 valence electrons. The van der Waals surface area contributed by atoms with Crippen LogP contribution in [0.2, 0.25) is 0 Å². The van der Waals surface area contributed by atoms with Crippen LogP contribution in [0.25, 0.3) is 11.2 Å². The molecule has 1 saturated heterocycles. The summed E-state index contributed by atoms with van der Waals surface area (Å²) in [7, 11) is 0. The number of carbonyl (C=O) groups excluding carboxylic acids is 1. The molecule has 7 nitrogen and oxygen atoms in total. The van der Waals surface area contributed by atoms with E-state index in [2.05, 4.69) is 25.2 Å². The first-order chi connectivity index (χ1) is 8.75. The molecule has 3 heterocycles. The molecule has 1 fully saturated rings. The van der Waals surface area contributed by atoms with Crippen molar-refractivity contribution >= 4 is 23.0 Å². The molecule has 0 radical (unpaired) electrons. The van der Waals surface area contributed by atoms with E-state index in [0.717, 1.165) is 26.2 Å². The van der Waals surface area contributed by atoms with Gasteiger partial charge in [0.05, 0.1) is 6.20 Å². The predicted octanol–water partition coefficient (Wildman–Crippen LogP) is -0.104. The fourth-order valence-corrected chi connectivity index (χ4v) is 2.05. The zero-order valence-corrected chi connectivity index (χ0v) is 10.1. The van der Waals surface area contributed by atoms with E-state index in [1.807, 2.05) is 0 Å². The molecule has 0 saturated carbocycles. The fraction of sp³-hybridized carbons (Fsp3) is 0.455. The van der Waals surface area contributed by atoms with Crippen LogP contribution in [0.15, 0.2) is 12.5 Å². The topological polar surface area (TPSA) is 75.9 Å². The van der Waals surface area contributed by atoms with E-state index >= 15 is 0 Å². The van der Waals surface area contributed by atoms with E-state index in [1.165, 1.54) is 17.8 Å². The van der Waals surface area contributed by atoms with Gasteiger partial charge >= 0.3 is 0 Å². The van der Waals surface area contributed by atoms with E-state index in [4.69, 9.17) is 0 Å². The Balaban J connectivity index is 2.03. The average molecular weight is 246 g/mol. The third-order valence-electron chi connectivity index (χ3n) is 3.02. The zero-order chi connectivity index (χ0) is 12.5. The lowest BCUT2D eigenvalue weighted by atomic mass is 10.4. The second kappa shape index (κ2) is 4.34. The second-order valence-electron chi connectivity index (χ2n) is 4.25. The third kappa shape index (κ3) is 1.82. The maximum Gasteiger partial charge on any atom is 0.230 e. The van der Waals surface area contributed by atoms with Gasteiger partial charge in [0.15, 0.2) is 5.65 Å². The van der Waals surface area contributed by atoms with E-state index in [0.29, 0.717) is 17.1 Å². The molecule has 1 aliphatic rings. The summed E-state index contributed by atoms with van der Waals surface area (Å²) < 4.78 is 1.45. The Morgan fingerprint density at radius 3 is 2.83 bits per heavy atom. The number of imidazole rings is 1. The maximum atomic E-state index is 11.4. The number of nitrogens with zero attached hydrogens (tertiary/aromatic N) is 5. The van der Waals surface area contributed by atoms with Crippen LogP contribution in [0.1, 0.15) is 11.7 Å². The largest absolute Gasteiger partial charge is 0.338 e. The highest BCUT2D eigenvalue weighted by Gasteiger charge is 2.15. The highest BCUT2D eigenvalue weighted by Crippen LogP contribution is 2.14. The number of hydrogen-bond acceptors (Lipinski definition) is 6. The maximum absolute atomic E-state index is 11.4. The van der Waals surface area contributed by atoms with Gasteiger partial charge in [-0.2, -0.15) is 4.98 Å². The molecule has 0 aromatic carbocycles. The monoisotopic (exact) mass is 246 g/mol. The summed E-state index contributed by atoms with van der Waals surface area (Å²) in [5, 5.41) is 3.28. The summed E-state index contributed by atoms with van der Waals surface area (Å²) >= 11 is 0. The summed E-state index contributed by atoms with van der Waals surface area (Å²) in [4.78, 5) is 26.4. The van der Waals surface area contributed by atoms with Gasteiger partial charge in [-0.25, -0.2) is 9.97 Å². The number of anilines is 1. The van der Waals surface area contributed by atoms with Gasteiger partial charge in [0.25, 0.3) is 0 Å². The lowest BCUT2D eigenvalue weighted by Gasteiger charge is -2.27. The van der Waals surface area contributed by atoms with E-state index in [1.54, 1.807) is 6.20 Å². The van der Waals surface area contributed by atoms with Crippen LogP contribution in [0.5, 0.6) is 0 Å². The highest BCUT2D eigenvalue weighted by molar-refractivity contribution is 5.86. The lowest BCUT2D eigenvalue weighted by Crippen LogP contribution is -2.44. The molecule has 2 aromatic heterocycles. The molecule has 0 bridgehead atoms.